The Hall–Kier alpha value is -1.49. The highest BCUT2D eigenvalue weighted by molar-refractivity contribution is 5.81. The summed E-state index contributed by atoms with van der Waals surface area (Å²) in [7, 11) is 0. The first kappa shape index (κ1) is 11.6. The molecule has 2 aromatic rings. The lowest BCUT2D eigenvalue weighted by Crippen LogP contribution is -2.45. The van der Waals surface area contributed by atoms with Crippen molar-refractivity contribution >= 4 is 10.9 Å². The van der Waals surface area contributed by atoms with Gasteiger partial charge in [-0.3, -0.25) is 10.4 Å². The third-order valence-corrected chi connectivity index (χ3v) is 3.24. The number of nitrogens with zero attached hydrogens (tertiary/aromatic N) is 2. The molecule has 1 aromatic heterocycles. The fourth-order valence-electron chi connectivity index (χ4n) is 2.23. The zero-order chi connectivity index (χ0) is 12.2. The van der Waals surface area contributed by atoms with Crippen LogP contribution in [0, 0.1) is 0 Å². The first-order valence-electron chi connectivity index (χ1n) is 6.32. The lowest BCUT2D eigenvalue weighted by molar-refractivity contribution is 0.0106. The minimum Gasteiger partial charge on any atom is -0.379 e. The Labute approximate surface area is 107 Å². The Morgan fingerprint density at radius 3 is 2.89 bits per heavy atom. The second-order valence-corrected chi connectivity index (χ2v) is 4.42. The van der Waals surface area contributed by atoms with Crippen molar-refractivity contribution in [3.8, 4) is 0 Å². The van der Waals surface area contributed by atoms with E-state index in [0.29, 0.717) is 0 Å². The molecule has 0 saturated carbocycles. The van der Waals surface area contributed by atoms with E-state index in [9.17, 15) is 0 Å². The summed E-state index contributed by atoms with van der Waals surface area (Å²) in [6.07, 6.45) is 1.87. The van der Waals surface area contributed by atoms with Gasteiger partial charge in [0.15, 0.2) is 0 Å². The van der Waals surface area contributed by atoms with E-state index in [1.165, 1.54) is 10.9 Å². The number of ether oxygens (including phenoxy) is 1. The van der Waals surface area contributed by atoms with Crippen LogP contribution in [0.1, 0.15) is 5.56 Å². The lowest BCUT2D eigenvalue weighted by Gasteiger charge is -2.27. The third-order valence-electron chi connectivity index (χ3n) is 3.24. The van der Waals surface area contributed by atoms with Gasteiger partial charge in [-0.25, -0.2) is 5.01 Å². The number of nitrogens with one attached hydrogen (secondary N) is 1. The summed E-state index contributed by atoms with van der Waals surface area (Å²) in [5.41, 5.74) is 5.79. The van der Waals surface area contributed by atoms with Crippen molar-refractivity contribution in [1.29, 1.82) is 0 Å². The minimum atomic E-state index is 0.810. The fraction of sp³-hybridized carbons (Fsp3) is 0.357. The van der Waals surface area contributed by atoms with E-state index in [2.05, 4.69) is 33.6 Å². The highest BCUT2D eigenvalue weighted by Crippen LogP contribution is 2.15. The van der Waals surface area contributed by atoms with Crippen LogP contribution in [0.5, 0.6) is 0 Å². The van der Waals surface area contributed by atoms with Crippen LogP contribution in [-0.4, -0.2) is 36.3 Å². The molecule has 0 radical (unpaired) electrons. The number of para-hydroxylation sites is 1. The molecule has 1 aliphatic rings. The third kappa shape index (κ3) is 2.51. The van der Waals surface area contributed by atoms with Gasteiger partial charge in [0.05, 0.1) is 18.7 Å². The predicted molar refractivity (Wildman–Crippen MR) is 71.0 cm³/mol. The smallest absolute Gasteiger partial charge is 0.0705 e. The molecule has 0 aliphatic carbocycles. The molecular weight excluding hydrogens is 226 g/mol. The molecule has 1 fully saturated rings. The largest absolute Gasteiger partial charge is 0.379 e. The molecule has 1 N–H and O–H groups in total. The number of aromatic nitrogens is 1. The monoisotopic (exact) mass is 243 g/mol. The topological polar surface area (TPSA) is 37.4 Å². The highest BCUT2D eigenvalue weighted by Gasteiger charge is 2.10. The fourth-order valence-corrected chi connectivity index (χ4v) is 2.23. The molecule has 18 heavy (non-hydrogen) atoms. The van der Waals surface area contributed by atoms with Crippen LogP contribution >= 0.6 is 0 Å². The average molecular weight is 243 g/mol. The molecule has 2 heterocycles. The molecule has 3 rings (SSSR count). The Bertz CT molecular complexity index is 518. The first-order chi connectivity index (χ1) is 8.93. The molecule has 1 aromatic carbocycles. The summed E-state index contributed by atoms with van der Waals surface area (Å²) in [5, 5.41) is 3.44. The number of hydrogen-bond donors (Lipinski definition) is 1. The normalized spacial score (nSPS) is 17.1. The van der Waals surface area contributed by atoms with Crippen molar-refractivity contribution in [3.05, 3.63) is 42.1 Å². The van der Waals surface area contributed by atoms with E-state index >= 15 is 0 Å². The van der Waals surface area contributed by atoms with Crippen molar-refractivity contribution in [2.45, 2.75) is 6.54 Å². The van der Waals surface area contributed by atoms with Crippen LogP contribution in [0.25, 0.3) is 10.9 Å². The van der Waals surface area contributed by atoms with E-state index in [4.69, 9.17) is 4.74 Å². The van der Waals surface area contributed by atoms with Gasteiger partial charge >= 0.3 is 0 Å². The van der Waals surface area contributed by atoms with Crippen molar-refractivity contribution in [2.24, 2.45) is 0 Å². The maximum atomic E-state index is 5.33. The van der Waals surface area contributed by atoms with Crippen molar-refractivity contribution in [3.63, 3.8) is 0 Å². The van der Waals surface area contributed by atoms with Gasteiger partial charge in [-0.05, 0) is 17.7 Å². The molecular formula is C14H17N3O. The minimum absolute atomic E-state index is 0.810. The maximum absolute atomic E-state index is 5.33. The van der Waals surface area contributed by atoms with Crippen LogP contribution in [-0.2, 0) is 11.3 Å². The first-order valence-corrected chi connectivity index (χ1v) is 6.32. The molecule has 0 unspecified atom stereocenters. The number of morpholine rings is 1. The SMILES string of the molecule is c1ccc2c(CNN3CCOCC3)ccnc2c1. The standard InChI is InChI=1S/C14H17N3O/c1-2-4-14-13(3-1)12(5-6-15-14)11-16-17-7-9-18-10-8-17/h1-6,16H,7-11H2. The molecule has 0 amide bonds. The van der Waals surface area contributed by atoms with Gasteiger partial charge in [-0.2, -0.15) is 0 Å². The molecule has 1 aliphatic heterocycles. The number of benzene rings is 1. The zero-order valence-electron chi connectivity index (χ0n) is 10.3. The van der Waals surface area contributed by atoms with Gasteiger partial charge in [0.25, 0.3) is 0 Å². The van der Waals surface area contributed by atoms with Crippen LogP contribution in [0.4, 0.5) is 0 Å². The van der Waals surface area contributed by atoms with Gasteiger partial charge < -0.3 is 4.74 Å². The van der Waals surface area contributed by atoms with Gasteiger partial charge in [0.2, 0.25) is 0 Å². The molecule has 0 bridgehead atoms. The molecule has 94 valence electrons. The molecule has 0 atom stereocenters. The van der Waals surface area contributed by atoms with Crippen LogP contribution in [0.3, 0.4) is 0 Å². The van der Waals surface area contributed by atoms with Gasteiger partial charge in [-0.1, -0.05) is 18.2 Å². The predicted octanol–water partition coefficient (Wildman–Crippen LogP) is 1.57. The molecule has 4 heteroatoms. The van der Waals surface area contributed by atoms with Crippen molar-refractivity contribution < 1.29 is 4.74 Å². The summed E-state index contributed by atoms with van der Waals surface area (Å²) in [4.78, 5) is 4.38. The van der Waals surface area contributed by atoms with Crippen LogP contribution in [0.2, 0.25) is 0 Å². The summed E-state index contributed by atoms with van der Waals surface area (Å²) < 4.78 is 5.33. The molecule has 4 nitrogen and oxygen atoms in total. The van der Waals surface area contributed by atoms with Gasteiger partial charge in [-0.15, -0.1) is 0 Å². The maximum Gasteiger partial charge on any atom is 0.0705 e. The Morgan fingerprint density at radius 1 is 1.17 bits per heavy atom. The summed E-state index contributed by atoms with van der Waals surface area (Å²) >= 11 is 0. The number of hydrazine groups is 1. The zero-order valence-corrected chi connectivity index (χ0v) is 10.3. The second-order valence-electron chi connectivity index (χ2n) is 4.42. The quantitative estimate of drug-likeness (QED) is 0.888. The Morgan fingerprint density at radius 2 is 2.00 bits per heavy atom. The van der Waals surface area contributed by atoms with E-state index in [0.717, 1.165) is 38.4 Å². The van der Waals surface area contributed by atoms with Crippen molar-refractivity contribution in [1.82, 2.24) is 15.4 Å². The van der Waals surface area contributed by atoms with E-state index in [1.807, 2.05) is 18.3 Å². The van der Waals surface area contributed by atoms with Gasteiger partial charge in [0, 0.05) is 31.2 Å². The van der Waals surface area contributed by atoms with Crippen LogP contribution in [0.15, 0.2) is 36.5 Å². The van der Waals surface area contributed by atoms with Crippen LogP contribution < -0.4 is 5.43 Å². The number of rotatable bonds is 3. The molecule has 1 saturated heterocycles. The molecule has 0 spiro atoms. The summed E-state index contributed by atoms with van der Waals surface area (Å²) in [6, 6.07) is 10.3. The summed E-state index contributed by atoms with van der Waals surface area (Å²) in [5.74, 6) is 0. The van der Waals surface area contributed by atoms with E-state index < -0.39 is 0 Å². The Balaban J connectivity index is 1.74. The average Bonchev–Trinajstić information content (AvgIpc) is 2.46. The second kappa shape index (κ2) is 5.44. The van der Waals surface area contributed by atoms with Crippen molar-refractivity contribution in [2.75, 3.05) is 26.3 Å². The number of pyridine rings is 1. The lowest BCUT2D eigenvalue weighted by atomic mass is 10.1. The highest BCUT2D eigenvalue weighted by atomic mass is 16.5. The number of fused-ring (bicyclic) bond motifs is 1. The van der Waals surface area contributed by atoms with Gasteiger partial charge in [0.1, 0.15) is 0 Å². The van der Waals surface area contributed by atoms with E-state index in [1.54, 1.807) is 0 Å². The number of hydrogen-bond acceptors (Lipinski definition) is 4. The Kier molecular flexibility index (Phi) is 3.50. The van der Waals surface area contributed by atoms with E-state index in [-0.39, 0.29) is 0 Å². The summed E-state index contributed by atoms with van der Waals surface area (Å²) in [6.45, 7) is 4.35.